The fraction of sp³-hybridized carbons (Fsp3) is 0.200. The van der Waals surface area contributed by atoms with Crippen molar-refractivity contribution in [3.63, 3.8) is 0 Å². The van der Waals surface area contributed by atoms with Crippen LogP contribution in [0.2, 0.25) is 5.02 Å². The van der Waals surface area contributed by atoms with E-state index in [0.29, 0.717) is 29.7 Å². The number of hydrogen-bond donors (Lipinski definition) is 0. The minimum Gasteiger partial charge on any atom is -0.486 e. The van der Waals surface area contributed by atoms with Gasteiger partial charge >= 0.3 is 0 Å². The van der Waals surface area contributed by atoms with Crippen molar-refractivity contribution < 1.29 is 9.47 Å². The maximum absolute atomic E-state index is 6.62. The van der Waals surface area contributed by atoms with Crippen molar-refractivity contribution in [2.45, 2.75) is 5.38 Å². The van der Waals surface area contributed by atoms with Gasteiger partial charge in [-0.25, -0.2) is 0 Å². The third-order valence-corrected chi connectivity index (χ3v) is 5.18. The fourth-order valence-electron chi connectivity index (χ4n) is 2.15. The molecular weight excluding hydrogens is 443 g/mol. The van der Waals surface area contributed by atoms with Crippen LogP contribution in [0.5, 0.6) is 11.5 Å². The minimum atomic E-state index is -0.389. The van der Waals surface area contributed by atoms with Crippen LogP contribution in [0.25, 0.3) is 0 Å². The van der Waals surface area contributed by atoms with Crippen molar-refractivity contribution in [1.29, 1.82) is 0 Å². The second-order valence-electron chi connectivity index (χ2n) is 4.55. The summed E-state index contributed by atoms with van der Waals surface area (Å²) in [5.41, 5.74) is 1.73. The molecule has 0 aliphatic carbocycles. The van der Waals surface area contributed by atoms with E-state index in [1.165, 1.54) is 0 Å². The van der Waals surface area contributed by atoms with E-state index in [2.05, 4.69) is 31.9 Å². The fourth-order valence-corrected chi connectivity index (χ4v) is 3.82. The molecule has 1 heterocycles. The van der Waals surface area contributed by atoms with Crippen molar-refractivity contribution in [2.24, 2.45) is 0 Å². The summed E-state index contributed by atoms with van der Waals surface area (Å²) in [5, 5.41) is 0.173. The van der Waals surface area contributed by atoms with E-state index in [9.17, 15) is 0 Å². The molecule has 110 valence electrons. The summed E-state index contributed by atoms with van der Waals surface area (Å²) in [6.45, 7) is 1.06. The van der Waals surface area contributed by atoms with Gasteiger partial charge in [-0.05, 0) is 35.4 Å². The highest BCUT2D eigenvalue weighted by Gasteiger charge is 2.22. The largest absolute Gasteiger partial charge is 0.486 e. The third kappa shape index (κ3) is 3.19. The number of alkyl halides is 1. The molecule has 2 aromatic rings. The first-order chi connectivity index (χ1) is 10.1. The molecule has 0 spiro atoms. The molecule has 0 saturated carbocycles. The van der Waals surface area contributed by atoms with Crippen LogP contribution in [0.1, 0.15) is 16.5 Å². The Morgan fingerprint density at radius 3 is 2.33 bits per heavy atom. The number of hydrogen-bond acceptors (Lipinski definition) is 2. The lowest BCUT2D eigenvalue weighted by molar-refractivity contribution is 0.171. The van der Waals surface area contributed by atoms with Gasteiger partial charge in [0.2, 0.25) is 0 Å². The van der Waals surface area contributed by atoms with Gasteiger partial charge in [0.1, 0.15) is 13.2 Å². The highest BCUT2D eigenvalue weighted by molar-refractivity contribution is 9.11. The van der Waals surface area contributed by atoms with Crippen molar-refractivity contribution >= 4 is 55.1 Å². The first-order valence-electron chi connectivity index (χ1n) is 6.24. The number of ether oxygens (including phenoxy) is 2. The van der Waals surface area contributed by atoms with Crippen molar-refractivity contribution in [3.05, 3.63) is 55.4 Å². The second-order valence-corrected chi connectivity index (χ2v) is 7.16. The lowest BCUT2D eigenvalue weighted by Crippen LogP contribution is -2.15. The van der Waals surface area contributed by atoms with Crippen LogP contribution in [-0.4, -0.2) is 13.2 Å². The van der Waals surface area contributed by atoms with Crippen LogP contribution >= 0.6 is 55.1 Å². The monoisotopic (exact) mass is 450 g/mol. The van der Waals surface area contributed by atoms with Gasteiger partial charge in [-0.3, -0.25) is 0 Å². The summed E-state index contributed by atoms with van der Waals surface area (Å²) in [4.78, 5) is 0. The molecule has 0 amide bonds. The quantitative estimate of drug-likeness (QED) is 0.523. The Labute approximate surface area is 149 Å². The first kappa shape index (κ1) is 15.5. The number of benzene rings is 2. The lowest BCUT2D eigenvalue weighted by Gasteiger charge is -2.21. The molecule has 21 heavy (non-hydrogen) atoms. The first-order valence-corrected chi connectivity index (χ1v) is 8.64. The average molecular weight is 453 g/mol. The molecule has 0 fully saturated rings. The third-order valence-electron chi connectivity index (χ3n) is 3.17. The van der Waals surface area contributed by atoms with Crippen LogP contribution in [0, 0.1) is 0 Å². The molecule has 1 aliphatic heterocycles. The maximum Gasteiger partial charge on any atom is 0.162 e. The minimum absolute atomic E-state index is 0.389. The van der Waals surface area contributed by atoms with Gasteiger partial charge in [-0.1, -0.05) is 43.5 Å². The molecule has 0 aromatic heterocycles. The van der Waals surface area contributed by atoms with Crippen LogP contribution in [-0.2, 0) is 0 Å². The van der Waals surface area contributed by atoms with E-state index < -0.39 is 0 Å². The van der Waals surface area contributed by atoms with E-state index in [0.717, 1.165) is 20.1 Å². The summed E-state index contributed by atoms with van der Waals surface area (Å²) in [6.07, 6.45) is 0. The van der Waals surface area contributed by atoms with E-state index in [4.69, 9.17) is 32.7 Å². The molecule has 0 bridgehead atoms. The average Bonchev–Trinajstić information content (AvgIpc) is 2.48. The van der Waals surface area contributed by atoms with Gasteiger partial charge in [0, 0.05) is 20.0 Å². The summed E-state index contributed by atoms with van der Waals surface area (Å²) < 4.78 is 13.0. The smallest absolute Gasteiger partial charge is 0.162 e. The predicted molar refractivity (Wildman–Crippen MR) is 92.0 cm³/mol. The Bertz CT molecular complexity index is 692. The molecular formula is C15H10Br2Cl2O2. The van der Waals surface area contributed by atoms with Gasteiger partial charge in [-0.2, -0.15) is 0 Å². The number of fused-ring (bicyclic) bond motifs is 1. The van der Waals surface area contributed by atoms with Gasteiger partial charge in [0.05, 0.1) is 5.38 Å². The van der Waals surface area contributed by atoms with E-state index in [1.54, 1.807) is 6.07 Å². The van der Waals surface area contributed by atoms with Gasteiger partial charge in [-0.15, -0.1) is 11.6 Å². The zero-order valence-electron chi connectivity index (χ0n) is 10.7. The van der Waals surface area contributed by atoms with Crippen LogP contribution in [0.3, 0.4) is 0 Å². The van der Waals surface area contributed by atoms with E-state index >= 15 is 0 Å². The molecule has 0 radical (unpaired) electrons. The molecule has 1 atom stereocenters. The molecule has 1 aliphatic rings. The van der Waals surface area contributed by atoms with Gasteiger partial charge < -0.3 is 9.47 Å². The zero-order chi connectivity index (χ0) is 15.0. The predicted octanol–water partition coefficient (Wildman–Crippen LogP) is 5.96. The highest BCUT2D eigenvalue weighted by atomic mass is 79.9. The van der Waals surface area contributed by atoms with Crippen LogP contribution < -0.4 is 9.47 Å². The molecule has 2 aromatic carbocycles. The molecule has 1 unspecified atom stereocenters. The topological polar surface area (TPSA) is 18.5 Å². The van der Waals surface area contributed by atoms with Crippen molar-refractivity contribution in [1.82, 2.24) is 0 Å². The lowest BCUT2D eigenvalue weighted by atomic mass is 10.0. The Kier molecular flexibility index (Phi) is 4.69. The maximum atomic E-state index is 6.62. The Hall–Kier alpha value is -0.420. The second kappa shape index (κ2) is 6.37. The Morgan fingerprint density at radius 2 is 1.62 bits per heavy atom. The standard InChI is InChI=1S/C15H10Br2Cl2O2/c16-8-1-2-11(17)9(5-8)15(19)10-6-13-14(7-12(10)18)21-4-3-20-13/h1-2,5-7,15H,3-4H2. The number of rotatable bonds is 2. The van der Waals surface area contributed by atoms with Gasteiger partial charge in [0.15, 0.2) is 11.5 Å². The van der Waals surface area contributed by atoms with E-state index in [-0.39, 0.29) is 5.38 Å². The van der Waals surface area contributed by atoms with Crippen molar-refractivity contribution in [3.8, 4) is 11.5 Å². The normalized spacial score (nSPS) is 14.9. The highest BCUT2D eigenvalue weighted by Crippen LogP contribution is 2.43. The van der Waals surface area contributed by atoms with Gasteiger partial charge in [0.25, 0.3) is 0 Å². The van der Waals surface area contributed by atoms with E-state index in [1.807, 2.05) is 24.3 Å². The molecule has 2 nitrogen and oxygen atoms in total. The Balaban J connectivity index is 2.05. The summed E-state index contributed by atoms with van der Waals surface area (Å²) in [6, 6.07) is 9.46. The molecule has 6 heteroatoms. The summed E-state index contributed by atoms with van der Waals surface area (Å²) >= 11 is 20.0. The SMILES string of the molecule is Clc1cc2c(cc1C(Cl)c1cc(Br)ccc1Br)OCCO2. The van der Waals surface area contributed by atoms with Crippen LogP contribution in [0.4, 0.5) is 0 Å². The molecule has 0 saturated heterocycles. The molecule has 0 N–H and O–H groups in total. The van der Waals surface area contributed by atoms with Crippen LogP contribution in [0.15, 0.2) is 39.3 Å². The van der Waals surface area contributed by atoms with Crippen molar-refractivity contribution in [2.75, 3.05) is 13.2 Å². The Morgan fingerprint density at radius 1 is 0.952 bits per heavy atom. The summed E-state index contributed by atoms with van der Waals surface area (Å²) in [7, 11) is 0. The summed E-state index contributed by atoms with van der Waals surface area (Å²) in [5.74, 6) is 1.34. The zero-order valence-corrected chi connectivity index (χ0v) is 15.4. The molecule has 3 rings (SSSR count). The number of halogens is 4.